The Kier molecular flexibility index (Phi) is 8.44. The van der Waals surface area contributed by atoms with Gasteiger partial charge in [0.1, 0.15) is 5.70 Å². The smallest absolute Gasteiger partial charge is 0.272 e. The van der Waals surface area contributed by atoms with Crippen LogP contribution in [0.3, 0.4) is 0 Å². The monoisotopic (exact) mass is 565 g/mol. The van der Waals surface area contributed by atoms with Crippen LogP contribution in [-0.4, -0.2) is 28.3 Å². The van der Waals surface area contributed by atoms with Crippen LogP contribution in [-0.2, 0) is 4.79 Å². The molecule has 5 aromatic rings. The van der Waals surface area contributed by atoms with Gasteiger partial charge in [-0.3, -0.25) is 14.4 Å². The number of fused-ring (bicyclic) bond motifs is 1. The lowest BCUT2D eigenvalue weighted by Crippen LogP contribution is -2.30. The predicted molar refractivity (Wildman–Crippen MR) is 162 cm³/mol. The van der Waals surface area contributed by atoms with Gasteiger partial charge in [-0.2, -0.15) is 0 Å². The Balaban J connectivity index is 1.35. The second kappa shape index (κ2) is 12.5. The first kappa shape index (κ1) is 27.0. The lowest BCUT2D eigenvalue weighted by atomic mass is 10.1. The van der Waals surface area contributed by atoms with Crippen molar-refractivity contribution in [1.82, 2.24) is 10.3 Å². The number of rotatable bonds is 9. The molecule has 0 spiro atoms. The third kappa shape index (κ3) is 6.51. The van der Waals surface area contributed by atoms with Gasteiger partial charge in [0.15, 0.2) is 5.78 Å². The van der Waals surface area contributed by atoms with Crippen molar-refractivity contribution in [2.24, 2.45) is 0 Å². The van der Waals surface area contributed by atoms with Crippen molar-refractivity contribution in [3.05, 3.63) is 137 Å². The van der Waals surface area contributed by atoms with Crippen molar-refractivity contribution in [2.75, 3.05) is 11.1 Å². The molecule has 0 fully saturated rings. The Hall–Kier alpha value is -4.59. The first-order chi connectivity index (χ1) is 19.5. The molecule has 1 aromatic heterocycles. The minimum atomic E-state index is -0.483. The maximum Gasteiger partial charge on any atom is 0.272 e. The zero-order chi connectivity index (χ0) is 27.9. The van der Waals surface area contributed by atoms with Crippen LogP contribution in [0.5, 0.6) is 0 Å². The molecule has 0 atom stereocenters. The van der Waals surface area contributed by atoms with Gasteiger partial charge in [0, 0.05) is 44.4 Å². The number of carbonyl (C=O) groups is 3. The predicted octanol–water partition coefficient (Wildman–Crippen LogP) is 7.21. The van der Waals surface area contributed by atoms with E-state index in [0.717, 1.165) is 21.4 Å². The van der Waals surface area contributed by atoms with Gasteiger partial charge in [0.25, 0.3) is 11.8 Å². The minimum absolute atomic E-state index is 0.0855. The van der Waals surface area contributed by atoms with Gasteiger partial charge in [-0.25, -0.2) is 0 Å². The summed E-state index contributed by atoms with van der Waals surface area (Å²) in [4.78, 5) is 43.0. The molecule has 2 amide bonds. The van der Waals surface area contributed by atoms with Crippen LogP contribution in [0.2, 0.25) is 5.02 Å². The molecule has 0 aliphatic carbocycles. The number of ketones is 1. The van der Waals surface area contributed by atoms with Crippen molar-refractivity contribution in [3.8, 4) is 0 Å². The fraction of sp³-hybridized carbons (Fsp3) is 0.0312. The SMILES string of the molecule is O=C(Nc1cccc(SCC(=O)c2ccccc2Cl)c1)/C(=C/c1c[nH]c2ccccc12)NC(=O)c1ccccc1. The van der Waals surface area contributed by atoms with Crippen LogP contribution >= 0.6 is 23.4 Å². The van der Waals surface area contributed by atoms with Gasteiger partial charge in [-0.05, 0) is 54.6 Å². The fourth-order valence-corrected chi connectivity index (χ4v) is 5.17. The number of benzene rings is 4. The van der Waals surface area contributed by atoms with Crippen molar-refractivity contribution in [3.63, 3.8) is 0 Å². The lowest BCUT2D eigenvalue weighted by molar-refractivity contribution is -0.113. The quantitative estimate of drug-likeness (QED) is 0.100. The van der Waals surface area contributed by atoms with Crippen LogP contribution in [0.4, 0.5) is 5.69 Å². The van der Waals surface area contributed by atoms with E-state index in [-0.39, 0.29) is 17.2 Å². The Morgan fingerprint density at radius 1 is 0.850 bits per heavy atom. The standard InChI is InChI=1S/C32H24ClN3O3S/c33-27-15-6-4-14-26(27)30(37)20-40-24-12-8-11-23(18-24)35-32(39)29(36-31(38)21-9-2-1-3-10-21)17-22-19-34-28-16-7-5-13-25(22)28/h1-19,34H,20H2,(H,35,39)(H,36,38)/b29-17-. The summed E-state index contributed by atoms with van der Waals surface area (Å²) < 4.78 is 0. The average Bonchev–Trinajstić information content (AvgIpc) is 3.39. The number of carbonyl (C=O) groups excluding carboxylic acids is 3. The minimum Gasteiger partial charge on any atom is -0.361 e. The number of thioether (sulfide) groups is 1. The van der Waals surface area contributed by atoms with E-state index < -0.39 is 11.8 Å². The summed E-state index contributed by atoms with van der Waals surface area (Å²) in [7, 11) is 0. The number of Topliss-reactive ketones (excluding diaryl/α,β-unsaturated/α-hetero) is 1. The molecule has 8 heteroatoms. The summed E-state index contributed by atoms with van der Waals surface area (Å²) >= 11 is 7.50. The van der Waals surface area contributed by atoms with Crippen LogP contribution < -0.4 is 10.6 Å². The first-order valence-corrected chi connectivity index (χ1v) is 13.8. The van der Waals surface area contributed by atoms with E-state index >= 15 is 0 Å². The summed E-state index contributed by atoms with van der Waals surface area (Å²) in [6, 6.07) is 30.6. The first-order valence-electron chi connectivity index (χ1n) is 12.4. The largest absolute Gasteiger partial charge is 0.361 e. The molecule has 5 rings (SSSR count). The number of aromatic amines is 1. The Morgan fingerprint density at radius 3 is 2.42 bits per heavy atom. The Labute approximate surface area is 240 Å². The van der Waals surface area contributed by atoms with Gasteiger partial charge < -0.3 is 15.6 Å². The number of halogens is 1. The highest BCUT2D eigenvalue weighted by atomic mass is 35.5. The summed E-state index contributed by atoms with van der Waals surface area (Å²) in [6.07, 6.45) is 3.44. The van der Waals surface area contributed by atoms with Gasteiger partial charge in [-0.15, -0.1) is 11.8 Å². The van der Waals surface area contributed by atoms with E-state index in [2.05, 4.69) is 15.6 Å². The van der Waals surface area contributed by atoms with Crippen LogP contribution in [0.15, 0.2) is 120 Å². The highest BCUT2D eigenvalue weighted by Crippen LogP contribution is 2.25. The third-order valence-corrected chi connectivity index (χ3v) is 7.41. The second-order valence-corrected chi connectivity index (χ2v) is 10.3. The summed E-state index contributed by atoms with van der Waals surface area (Å²) in [6.45, 7) is 0. The molecule has 3 N–H and O–H groups in total. The van der Waals surface area contributed by atoms with E-state index in [1.165, 1.54) is 11.8 Å². The number of hydrogen-bond acceptors (Lipinski definition) is 4. The molecule has 0 radical (unpaired) electrons. The average molecular weight is 566 g/mol. The van der Waals surface area contributed by atoms with Crippen molar-refractivity contribution < 1.29 is 14.4 Å². The normalized spacial score (nSPS) is 11.3. The van der Waals surface area contributed by atoms with E-state index in [9.17, 15) is 14.4 Å². The van der Waals surface area contributed by atoms with E-state index in [1.807, 2.05) is 36.4 Å². The zero-order valence-electron chi connectivity index (χ0n) is 21.2. The van der Waals surface area contributed by atoms with Gasteiger partial charge in [-0.1, -0.05) is 66.2 Å². The lowest BCUT2D eigenvalue weighted by Gasteiger charge is -2.12. The number of H-pyrrole nitrogens is 1. The van der Waals surface area contributed by atoms with Crippen LogP contribution in [0.1, 0.15) is 26.3 Å². The Bertz CT molecular complexity index is 1730. The number of amides is 2. The molecule has 1 heterocycles. The van der Waals surface area contributed by atoms with Crippen molar-refractivity contribution >= 4 is 63.6 Å². The molecular formula is C32H24ClN3O3S. The Morgan fingerprint density at radius 2 is 1.60 bits per heavy atom. The highest BCUT2D eigenvalue weighted by Gasteiger charge is 2.17. The maximum atomic E-state index is 13.5. The van der Waals surface area contributed by atoms with E-state index in [1.54, 1.807) is 79.0 Å². The second-order valence-electron chi connectivity index (χ2n) is 8.84. The third-order valence-electron chi connectivity index (χ3n) is 6.09. The molecule has 0 aliphatic heterocycles. The van der Waals surface area contributed by atoms with Crippen molar-refractivity contribution in [2.45, 2.75) is 4.90 Å². The summed E-state index contributed by atoms with van der Waals surface area (Å²) in [5.74, 6) is -0.773. The number of nitrogens with one attached hydrogen (secondary N) is 3. The highest BCUT2D eigenvalue weighted by molar-refractivity contribution is 8.00. The maximum absolute atomic E-state index is 13.5. The van der Waals surface area contributed by atoms with Crippen LogP contribution in [0, 0.1) is 0 Å². The zero-order valence-corrected chi connectivity index (χ0v) is 22.8. The molecule has 0 saturated carbocycles. The number of aromatic nitrogens is 1. The molecular weight excluding hydrogens is 542 g/mol. The summed E-state index contributed by atoms with van der Waals surface area (Å²) in [5.41, 5.74) is 3.20. The van der Waals surface area contributed by atoms with Crippen molar-refractivity contribution in [1.29, 1.82) is 0 Å². The molecule has 0 saturated heterocycles. The van der Waals surface area contributed by atoms with E-state index in [0.29, 0.717) is 21.8 Å². The number of hydrogen-bond donors (Lipinski definition) is 3. The van der Waals surface area contributed by atoms with Gasteiger partial charge in [0.2, 0.25) is 0 Å². The number of anilines is 1. The topological polar surface area (TPSA) is 91.1 Å². The molecule has 40 heavy (non-hydrogen) atoms. The van der Waals surface area contributed by atoms with E-state index in [4.69, 9.17) is 11.6 Å². The summed E-state index contributed by atoms with van der Waals surface area (Å²) in [5, 5.41) is 6.98. The molecule has 4 aromatic carbocycles. The molecule has 0 aliphatic rings. The molecule has 6 nitrogen and oxygen atoms in total. The van der Waals surface area contributed by atoms with Gasteiger partial charge in [0.05, 0.1) is 10.8 Å². The van der Waals surface area contributed by atoms with Gasteiger partial charge >= 0.3 is 0 Å². The molecule has 0 unspecified atom stereocenters. The fourth-order valence-electron chi connectivity index (χ4n) is 4.09. The molecule has 198 valence electrons. The molecule has 0 bridgehead atoms. The van der Waals surface area contributed by atoms with Crippen LogP contribution in [0.25, 0.3) is 17.0 Å². The number of para-hydroxylation sites is 1.